The number of carbonyl (C=O) groups excluding carboxylic acids is 5. The summed E-state index contributed by atoms with van der Waals surface area (Å²) in [6.45, 7) is 7.03. The minimum Gasteiger partial charge on any atom is -0.507 e. The number of benzene rings is 1. The summed E-state index contributed by atoms with van der Waals surface area (Å²) in [5, 5.41) is 10.6. The predicted octanol–water partition coefficient (Wildman–Crippen LogP) is 1.62. The average Bonchev–Trinajstić information content (AvgIpc) is 2.75. The van der Waals surface area contributed by atoms with E-state index in [2.05, 4.69) is 0 Å². The van der Waals surface area contributed by atoms with Crippen LogP contribution in [0.15, 0.2) is 12.1 Å². The van der Waals surface area contributed by atoms with Crippen molar-refractivity contribution >= 4 is 29.7 Å². The molecule has 0 saturated carbocycles. The first-order valence-electron chi connectivity index (χ1n) is 11.2. The number of phenols is 1. The number of esters is 4. The van der Waals surface area contributed by atoms with Crippen LogP contribution in [0.25, 0.3) is 0 Å². The third-order valence-electron chi connectivity index (χ3n) is 5.15. The van der Waals surface area contributed by atoms with E-state index in [1.807, 2.05) is 0 Å². The molecule has 1 aliphatic rings. The van der Waals surface area contributed by atoms with Crippen LogP contribution in [0.5, 0.6) is 11.5 Å². The van der Waals surface area contributed by atoms with Gasteiger partial charge in [-0.2, -0.15) is 0 Å². The summed E-state index contributed by atoms with van der Waals surface area (Å²) < 4.78 is 32.8. The number of hydrogen-bond donors (Lipinski definition) is 1. The monoisotopic (exact) mass is 510 g/mol. The fourth-order valence-corrected chi connectivity index (χ4v) is 3.75. The Kier molecular flexibility index (Phi) is 9.79. The van der Waals surface area contributed by atoms with Crippen molar-refractivity contribution in [1.29, 1.82) is 0 Å². The van der Waals surface area contributed by atoms with Gasteiger partial charge in [-0.25, -0.2) is 0 Å². The second-order valence-electron chi connectivity index (χ2n) is 8.04. The summed E-state index contributed by atoms with van der Waals surface area (Å²) in [4.78, 5) is 59.4. The summed E-state index contributed by atoms with van der Waals surface area (Å²) in [6.07, 6.45) is -6.57. The molecule has 1 aliphatic heterocycles. The predicted molar refractivity (Wildman–Crippen MR) is 120 cm³/mol. The van der Waals surface area contributed by atoms with E-state index in [-0.39, 0.29) is 17.1 Å². The van der Waals surface area contributed by atoms with E-state index in [1.165, 1.54) is 13.0 Å². The van der Waals surface area contributed by atoms with Gasteiger partial charge in [-0.15, -0.1) is 0 Å². The number of rotatable bonds is 9. The van der Waals surface area contributed by atoms with E-state index < -0.39 is 67.0 Å². The number of carbonyl (C=O) groups is 5. The maximum Gasteiger partial charge on any atom is 0.303 e. The highest BCUT2D eigenvalue weighted by Gasteiger charge is 2.53. The molecule has 5 atom stereocenters. The number of phenolic OH excluding ortho intramolecular Hbond substituents is 1. The minimum atomic E-state index is -1.53. The molecule has 0 spiro atoms. The number of Topliss-reactive ketones (excluding diaryl/α,β-unsaturated/α-hetero) is 1. The van der Waals surface area contributed by atoms with Gasteiger partial charge in [-0.1, -0.05) is 13.0 Å². The molecule has 0 unspecified atom stereocenters. The number of ether oxygens (including phenoxy) is 6. The average molecular weight is 510 g/mol. The summed E-state index contributed by atoms with van der Waals surface area (Å²) in [5.74, 6) is -3.92. The lowest BCUT2D eigenvalue weighted by Gasteiger charge is -2.44. The van der Waals surface area contributed by atoms with Crippen LogP contribution in [0.2, 0.25) is 0 Å². The highest BCUT2D eigenvalue weighted by molar-refractivity contribution is 6.00. The van der Waals surface area contributed by atoms with Gasteiger partial charge in [-0.05, 0) is 25.0 Å². The van der Waals surface area contributed by atoms with Crippen molar-refractivity contribution in [2.45, 2.75) is 78.7 Å². The Morgan fingerprint density at radius 2 is 1.39 bits per heavy atom. The summed E-state index contributed by atoms with van der Waals surface area (Å²) in [5.41, 5.74) is 0.358. The quantitative estimate of drug-likeness (QED) is 0.291. The highest BCUT2D eigenvalue weighted by atomic mass is 16.7. The molecule has 2 rings (SSSR count). The zero-order valence-electron chi connectivity index (χ0n) is 20.9. The van der Waals surface area contributed by atoms with Gasteiger partial charge >= 0.3 is 23.9 Å². The fourth-order valence-electron chi connectivity index (χ4n) is 3.75. The SMILES string of the molecule is CCc1ccc(O[C@@H]2O[C@H](COC(C)=O)[C@@H](OC(C)=O)[C@H](OC(C)=O)[C@H]2OC(C)=O)c(C(C)=O)c1O. The van der Waals surface area contributed by atoms with Crippen molar-refractivity contribution in [2.24, 2.45) is 0 Å². The molecular weight excluding hydrogens is 480 g/mol. The molecular formula is C24H30O12. The summed E-state index contributed by atoms with van der Waals surface area (Å²) >= 11 is 0. The molecule has 0 bridgehead atoms. The van der Waals surface area contributed by atoms with Crippen LogP contribution in [-0.4, -0.2) is 72.1 Å². The zero-order valence-corrected chi connectivity index (χ0v) is 20.9. The lowest BCUT2D eigenvalue weighted by Crippen LogP contribution is -2.63. The number of ketones is 1. The molecule has 12 heteroatoms. The fraction of sp³-hybridized carbons (Fsp3) is 0.542. The van der Waals surface area contributed by atoms with E-state index in [4.69, 9.17) is 28.4 Å². The first kappa shape index (κ1) is 28.6. The van der Waals surface area contributed by atoms with Crippen molar-refractivity contribution in [3.63, 3.8) is 0 Å². The molecule has 0 aromatic heterocycles. The lowest BCUT2D eigenvalue weighted by atomic mass is 9.97. The van der Waals surface area contributed by atoms with Crippen LogP contribution in [0.4, 0.5) is 0 Å². The molecule has 1 aromatic carbocycles. The van der Waals surface area contributed by atoms with Crippen LogP contribution in [0.3, 0.4) is 0 Å². The van der Waals surface area contributed by atoms with Crippen LogP contribution >= 0.6 is 0 Å². The Morgan fingerprint density at radius 1 is 0.833 bits per heavy atom. The van der Waals surface area contributed by atoms with Crippen LogP contribution in [0, 0.1) is 0 Å². The van der Waals surface area contributed by atoms with Gasteiger partial charge < -0.3 is 33.5 Å². The highest BCUT2D eigenvalue weighted by Crippen LogP contribution is 2.36. The Labute approximate surface area is 207 Å². The van der Waals surface area contributed by atoms with E-state index >= 15 is 0 Å². The van der Waals surface area contributed by atoms with E-state index in [0.717, 1.165) is 27.7 Å². The molecule has 1 N–H and O–H groups in total. The van der Waals surface area contributed by atoms with Gasteiger partial charge in [0.1, 0.15) is 29.8 Å². The summed E-state index contributed by atoms with van der Waals surface area (Å²) in [6, 6.07) is 2.98. The smallest absolute Gasteiger partial charge is 0.303 e. The molecule has 198 valence electrons. The maximum absolute atomic E-state index is 12.3. The molecule has 12 nitrogen and oxygen atoms in total. The van der Waals surface area contributed by atoms with Crippen LogP contribution < -0.4 is 4.74 Å². The third kappa shape index (κ3) is 7.17. The Morgan fingerprint density at radius 3 is 1.89 bits per heavy atom. The maximum atomic E-state index is 12.3. The summed E-state index contributed by atoms with van der Waals surface area (Å²) in [7, 11) is 0. The minimum absolute atomic E-state index is 0.0990. The molecule has 1 heterocycles. The zero-order chi connectivity index (χ0) is 27.2. The van der Waals surface area contributed by atoms with Crippen LogP contribution in [0.1, 0.15) is 57.5 Å². The molecule has 0 radical (unpaired) electrons. The van der Waals surface area contributed by atoms with Crippen molar-refractivity contribution in [2.75, 3.05) is 6.61 Å². The van der Waals surface area contributed by atoms with E-state index in [1.54, 1.807) is 13.0 Å². The van der Waals surface area contributed by atoms with Gasteiger partial charge in [0.05, 0.1) is 0 Å². The van der Waals surface area contributed by atoms with Gasteiger partial charge in [0, 0.05) is 27.7 Å². The Balaban J connectivity index is 2.59. The van der Waals surface area contributed by atoms with Crippen molar-refractivity contribution in [3.8, 4) is 11.5 Å². The Bertz CT molecular complexity index is 1020. The number of aryl methyl sites for hydroxylation is 1. The number of aromatic hydroxyl groups is 1. The third-order valence-corrected chi connectivity index (χ3v) is 5.15. The molecule has 1 fully saturated rings. The van der Waals surface area contributed by atoms with Crippen LogP contribution in [-0.2, 0) is 49.3 Å². The van der Waals surface area contributed by atoms with Crippen molar-refractivity contribution < 1.29 is 57.5 Å². The molecule has 0 amide bonds. The van der Waals surface area contributed by atoms with E-state index in [0.29, 0.717) is 12.0 Å². The largest absolute Gasteiger partial charge is 0.507 e. The first-order chi connectivity index (χ1) is 16.8. The topological polar surface area (TPSA) is 161 Å². The number of hydrogen-bond acceptors (Lipinski definition) is 12. The first-order valence-corrected chi connectivity index (χ1v) is 11.2. The van der Waals surface area contributed by atoms with E-state index in [9.17, 15) is 29.1 Å². The molecule has 36 heavy (non-hydrogen) atoms. The van der Waals surface area contributed by atoms with Gasteiger partial charge in [0.25, 0.3) is 0 Å². The normalized spacial score (nSPS) is 23.2. The van der Waals surface area contributed by atoms with Gasteiger partial charge in [0.15, 0.2) is 18.0 Å². The molecule has 1 aromatic rings. The van der Waals surface area contributed by atoms with Crippen molar-refractivity contribution in [3.05, 3.63) is 23.3 Å². The van der Waals surface area contributed by atoms with Gasteiger partial charge in [-0.3, -0.25) is 24.0 Å². The lowest BCUT2D eigenvalue weighted by molar-refractivity contribution is -0.288. The standard InChI is InChI=1S/C24H30O12/c1-7-16-8-9-17(19(11(2)25)20(16)30)35-24-23(34-15(6)29)22(33-14(5)28)21(32-13(4)27)18(36-24)10-31-12(3)26/h8-9,18,21-24,30H,7,10H2,1-6H3/t18-,21-,22+,23-,24-/m1/s1. The molecule has 0 aliphatic carbocycles. The molecule has 1 saturated heterocycles. The van der Waals surface area contributed by atoms with Crippen molar-refractivity contribution in [1.82, 2.24) is 0 Å². The Hall–Kier alpha value is -3.67. The second kappa shape index (κ2) is 12.3. The van der Waals surface area contributed by atoms with Gasteiger partial charge in [0.2, 0.25) is 12.4 Å². The second-order valence-corrected chi connectivity index (χ2v) is 8.04.